The summed E-state index contributed by atoms with van der Waals surface area (Å²) in [6, 6.07) is 15.8. The lowest BCUT2D eigenvalue weighted by atomic mass is 10.0. The van der Waals surface area contributed by atoms with Crippen LogP contribution in [0.2, 0.25) is 0 Å². The third-order valence-electron chi connectivity index (χ3n) is 8.56. The van der Waals surface area contributed by atoms with Crippen LogP contribution in [0.25, 0.3) is 16.8 Å². The Kier molecular flexibility index (Phi) is 8.75. The summed E-state index contributed by atoms with van der Waals surface area (Å²) < 4.78 is 19.1. The molecule has 2 fully saturated rings. The third kappa shape index (κ3) is 7.03. The number of carbonyl (C=O) groups excluding carboxylic acids is 2. The molecule has 0 radical (unpaired) electrons. The maximum atomic E-state index is 12.9. The van der Waals surface area contributed by atoms with Gasteiger partial charge < -0.3 is 28.9 Å². The zero-order valence-electron chi connectivity index (χ0n) is 27.2. The average Bonchev–Trinajstić information content (AvgIpc) is 3.67. The molecule has 2 saturated heterocycles. The van der Waals surface area contributed by atoms with Gasteiger partial charge in [0.25, 0.3) is 0 Å². The molecule has 2 aliphatic rings. The van der Waals surface area contributed by atoms with Crippen LogP contribution in [0.1, 0.15) is 39.7 Å². The first-order valence-corrected chi connectivity index (χ1v) is 15.8. The predicted molar refractivity (Wildman–Crippen MR) is 175 cm³/mol. The zero-order valence-corrected chi connectivity index (χ0v) is 27.2. The molecule has 2 aliphatic heterocycles. The van der Waals surface area contributed by atoms with Crippen molar-refractivity contribution >= 4 is 23.2 Å². The van der Waals surface area contributed by atoms with Gasteiger partial charge in [0.1, 0.15) is 28.7 Å². The molecule has 11 heteroatoms. The fourth-order valence-electron chi connectivity index (χ4n) is 5.97. The van der Waals surface area contributed by atoms with Crippen LogP contribution in [0, 0.1) is 5.92 Å². The van der Waals surface area contributed by atoms with Crippen molar-refractivity contribution in [1.82, 2.24) is 24.4 Å². The van der Waals surface area contributed by atoms with Crippen LogP contribution in [0.5, 0.6) is 11.5 Å². The molecule has 0 unspecified atom stereocenters. The number of methoxy groups -OCH3 is 1. The Hall–Kier alpha value is -4.80. The largest absolute Gasteiger partial charge is 0.497 e. The number of amides is 2. The van der Waals surface area contributed by atoms with Gasteiger partial charge in [-0.15, -0.1) is 0 Å². The summed E-state index contributed by atoms with van der Waals surface area (Å²) in [5.41, 5.74) is 4.10. The van der Waals surface area contributed by atoms with Crippen molar-refractivity contribution < 1.29 is 23.8 Å². The van der Waals surface area contributed by atoms with Crippen molar-refractivity contribution in [3.8, 4) is 22.8 Å². The van der Waals surface area contributed by atoms with E-state index in [4.69, 9.17) is 19.2 Å². The number of benzene rings is 1. The Labute approximate surface area is 269 Å². The van der Waals surface area contributed by atoms with Crippen LogP contribution < -0.4 is 14.4 Å². The number of hydrogen-bond donors (Lipinski definition) is 0. The van der Waals surface area contributed by atoms with Crippen LogP contribution in [0.15, 0.2) is 67.1 Å². The quantitative estimate of drug-likeness (QED) is 0.261. The third-order valence-corrected chi connectivity index (χ3v) is 8.56. The summed E-state index contributed by atoms with van der Waals surface area (Å²) in [7, 11) is 1.64. The highest BCUT2D eigenvalue weighted by atomic mass is 16.6. The van der Waals surface area contributed by atoms with E-state index in [0.29, 0.717) is 51.4 Å². The van der Waals surface area contributed by atoms with Gasteiger partial charge in [-0.25, -0.2) is 9.31 Å². The molecule has 5 heterocycles. The van der Waals surface area contributed by atoms with E-state index >= 15 is 0 Å². The van der Waals surface area contributed by atoms with Gasteiger partial charge in [-0.2, -0.15) is 5.10 Å². The second kappa shape index (κ2) is 12.9. The maximum Gasteiger partial charge on any atom is 0.410 e. The number of pyridine rings is 2. The second-order valence-electron chi connectivity index (χ2n) is 13.0. The summed E-state index contributed by atoms with van der Waals surface area (Å²) in [5, 5.41) is 4.47. The van der Waals surface area contributed by atoms with Gasteiger partial charge in [-0.05, 0) is 69.7 Å². The van der Waals surface area contributed by atoms with E-state index in [1.54, 1.807) is 22.7 Å². The topological polar surface area (TPSA) is 102 Å². The Morgan fingerprint density at radius 1 is 1.04 bits per heavy atom. The van der Waals surface area contributed by atoms with Crippen molar-refractivity contribution in [1.29, 1.82) is 0 Å². The number of ether oxygens (including phenoxy) is 3. The molecule has 0 saturated carbocycles. The highest BCUT2D eigenvalue weighted by Gasteiger charge is 2.34. The van der Waals surface area contributed by atoms with E-state index in [1.807, 2.05) is 87.5 Å². The first kappa shape index (κ1) is 31.2. The van der Waals surface area contributed by atoms with Gasteiger partial charge in [0.05, 0.1) is 30.9 Å². The highest BCUT2D eigenvalue weighted by molar-refractivity contribution is 5.79. The molecule has 46 heavy (non-hydrogen) atoms. The van der Waals surface area contributed by atoms with Crippen molar-refractivity contribution in [2.24, 2.45) is 5.92 Å². The van der Waals surface area contributed by atoms with E-state index in [2.05, 4.69) is 16.1 Å². The first-order chi connectivity index (χ1) is 22.1. The Balaban J connectivity index is 1.11. The van der Waals surface area contributed by atoms with Crippen LogP contribution in [0.3, 0.4) is 0 Å². The molecule has 0 spiro atoms. The number of rotatable bonds is 8. The van der Waals surface area contributed by atoms with Crippen molar-refractivity contribution in [2.45, 2.75) is 52.4 Å². The van der Waals surface area contributed by atoms with Crippen LogP contribution in [-0.4, -0.2) is 87.9 Å². The molecule has 1 aromatic carbocycles. The van der Waals surface area contributed by atoms with Crippen molar-refractivity contribution in [3.05, 3.63) is 72.7 Å². The first-order valence-electron chi connectivity index (χ1n) is 15.8. The summed E-state index contributed by atoms with van der Waals surface area (Å²) in [5.74, 6) is 1.69. The van der Waals surface area contributed by atoms with Gasteiger partial charge in [-0.1, -0.05) is 12.1 Å². The lowest BCUT2D eigenvalue weighted by Crippen LogP contribution is -2.50. The lowest BCUT2D eigenvalue weighted by molar-refractivity contribution is -0.128. The summed E-state index contributed by atoms with van der Waals surface area (Å²) in [6.45, 7) is 11.5. The summed E-state index contributed by atoms with van der Waals surface area (Å²) in [6.07, 6.45) is 5.56. The van der Waals surface area contributed by atoms with Crippen molar-refractivity contribution in [3.63, 3.8) is 0 Å². The number of aromatic nitrogens is 3. The molecule has 4 aromatic rings. The number of nitrogens with zero attached hydrogens (tertiary/aromatic N) is 6. The number of anilines is 1. The fourth-order valence-corrected chi connectivity index (χ4v) is 5.97. The number of fused-ring (bicyclic) bond motifs is 1. The van der Waals surface area contributed by atoms with E-state index in [-0.39, 0.29) is 24.0 Å². The number of hydrogen-bond acceptors (Lipinski definition) is 8. The van der Waals surface area contributed by atoms with E-state index in [1.165, 1.54) is 0 Å². The predicted octanol–water partition coefficient (Wildman–Crippen LogP) is 5.28. The van der Waals surface area contributed by atoms with Gasteiger partial charge in [-0.3, -0.25) is 9.78 Å². The van der Waals surface area contributed by atoms with E-state index < -0.39 is 5.60 Å². The van der Waals surface area contributed by atoms with Crippen molar-refractivity contribution in [2.75, 3.05) is 44.7 Å². The van der Waals surface area contributed by atoms with Gasteiger partial charge >= 0.3 is 6.09 Å². The minimum Gasteiger partial charge on any atom is -0.497 e. The van der Waals surface area contributed by atoms with Gasteiger partial charge in [0.2, 0.25) is 5.91 Å². The molecule has 242 valence electrons. The standard InChI is InChI=1S/C35H42N6O5/c1-24(26-19-33(42)40(22-26)21-25-6-9-29(44-5)10-7-25)45-32-18-27(23-41-31(32)12-13-37-41)30-11-8-28(20-36-30)38-14-16-39(17-15-38)34(43)46-35(2,3)4/h6-13,18,20,23-24,26H,14-17,19,21-22H2,1-5H3/t24-,26-/m1/s1. The summed E-state index contributed by atoms with van der Waals surface area (Å²) >= 11 is 0. The Morgan fingerprint density at radius 3 is 2.48 bits per heavy atom. The van der Waals surface area contributed by atoms with E-state index in [9.17, 15) is 9.59 Å². The smallest absolute Gasteiger partial charge is 0.410 e. The number of piperazine rings is 1. The minimum absolute atomic E-state index is 0.0607. The Bertz CT molecular complexity index is 1670. The molecule has 2 atom stereocenters. The molecular formula is C35H42N6O5. The van der Waals surface area contributed by atoms with Crippen LogP contribution in [0.4, 0.5) is 10.5 Å². The average molecular weight is 627 g/mol. The molecule has 6 rings (SSSR count). The van der Waals surface area contributed by atoms with Crippen LogP contribution in [-0.2, 0) is 16.1 Å². The normalized spacial score (nSPS) is 17.8. The molecule has 11 nitrogen and oxygen atoms in total. The lowest BCUT2D eigenvalue weighted by Gasteiger charge is -2.36. The number of carbonyl (C=O) groups is 2. The van der Waals surface area contributed by atoms with Crippen LogP contribution >= 0.6 is 0 Å². The maximum absolute atomic E-state index is 12.9. The second-order valence-corrected chi connectivity index (χ2v) is 13.0. The Morgan fingerprint density at radius 2 is 1.80 bits per heavy atom. The molecule has 0 aliphatic carbocycles. The molecular weight excluding hydrogens is 584 g/mol. The highest BCUT2D eigenvalue weighted by Crippen LogP contribution is 2.32. The molecule has 0 N–H and O–H groups in total. The monoisotopic (exact) mass is 626 g/mol. The van der Waals surface area contributed by atoms with Gasteiger partial charge in [0, 0.05) is 63.4 Å². The zero-order chi connectivity index (χ0) is 32.4. The molecule has 2 amide bonds. The SMILES string of the molecule is COc1ccc(CN2C[C@H]([C@@H](C)Oc3cc(-c4ccc(N5CCN(C(=O)OC(C)(C)C)CC5)cn4)cn4nccc34)CC2=O)cc1. The van der Waals surface area contributed by atoms with Gasteiger partial charge in [0.15, 0.2) is 0 Å². The molecule has 3 aromatic heterocycles. The summed E-state index contributed by atoms with van der Waals surface area (Å²) in [4.78, 5) is 36.0. The number of likely N-dealkylation sites (tertiary alicyclic amines) is 1. The molecule has 0 bridgehead atoms. The minimum atomic E-state index is -0.509. The fraction of sp³-hybridized carbons (Fsp3) is 0.429. The van der Waals surface area contributed by atoms with E-state index in [0.717, 1.165) is 33.8 Å².